The van der Waals surface area contributed by atoms with E-state index in [1.807, 2.05) is 0 Å². The predicted molar refractivity (Wildman–Crippen MR) is 56.2 cm³/mol. The Morgan fingerprint density at radius 1 is 1.47 bits per heavy atom. The van der Waals surface area contributed by atoms with E-state index in [1.54, 1.807) is 6.07 Å². The molecule has 1 aromatic carbocycles. The quantitative estimate of drug-likeness (QED) is 0.581. The van der Waals surface area contributed by atoms with Crippen molar-refractivity contribution in [3.8, 4) is 0 Å². The number of hydrogen-bond acceptors (Lipinski definition) is 4. The van der Waals surface area contributed by atoms with Crippen LogP contribution in [0.25, 0.3) is 0 Å². The fourth-order valence-electron chi connectivity index (χ4n) is 1.29. The molecule has 1 rings (SSSR count). The smallest absolute Gasteiger partial charge is 0.149 e. The maximum Gasteiger partial charge on any atom is 0.149 e. The molecular formula is C9H13FN2O2S. The highest BCUT2D eigenvalue weighted by Gasteiger charge is 2.18. The molecule has 1 unspecified atom stereocenters. The summed E-state index contributed by atoms with van der Waals surface area (Å²) in [6, 6.07) is 5.21. The van der Waals surface area contributed by atoms with Crippen molar-refractivity contribution in [1.29, 1.82) is 0 Å². The third kappa shape index (κ3) is 3.58. The molecule has 0 fully saturated rings. The predicted octanol–water partition coefficient (Wildman–Crippen LogP) is 0.375. The minimum Gasteiger partial charge on any atom is -0.271 e. The number of hydrogen-bond donors (Lipinski definition) is 2. The summed E-state index contributed by atoms with van der Waals surface area (Å²) in [7, 11) is -3.21. The molecule has 4 nitrogen and oxygen atoms in total. The molecule has 0 heterocycles. The van der Waals surface area contributed by atoms with Gasteiger partial charge in [0.05, 0.1) is 11.8 Å². The average Bonchev–Trinajstić information content (AvgIpc) is 2.14. The normalized spacial score (nSPS) is 13.8. The van der Waals surface area contributed by atoms with Gasteiger partial charge >= 0.3 is 0 Å². The molecule has 6 heteroatoms. The summed E-state index contributed by atoms with van der Waals surface area (Å²) in [5.41, 5.74) is 2.55. The van der Waals surface area contributed by atoms with Gasteiger partial charge < -0.3 is 0 Å². The summed E-state index contributed by atoms with van der Waals surface area (Å²) < 4.78 is 35.4. The fraction of sp³-hybridized carbons (Fsp3) is 0.333. The largest absolute Gasteiger partial charge is 0.271 e. The molecule has 84 valence electrons. The van der Waals surface area contributed by atoms with Crippen molar-refractivity contribution >= 4 is 9.84 Å². The van der Waals surface area contributed by atoms with Crippen LogP contribution in [-0.2, 0) is 9.84 Å². The molecule has 0 saturated carbocycles. The van der Waals surface area contributed by atoms with Crippen LogP contribution >= 0.6 is 0 Å². The van der Waals surface area contributed by atoms with Crippen molar-refractivity contribution in [2.24, 2.45) is 5.84 Å². The molecule has 0 spiro atoms. The molecule has 3 N–H and O–H groups in total. The van der Waals surface area contributed by atoms with Crippen molar-refractivity contribution < 1.29 is 12.8 Å². The van der Waals surface area contributed by atoms with Gasteiger partial charge in [0.15, 0.2) is 0 Å². The third-order valence-electron chi connectivity index (χ3n) is 1.95. The first kappa shape index (κ1) is 12.1. The standard InChI is InChI=1S/C9H13FN2O2S/c1-15(13,14)6-9(12-11)7-4-2-3-5-8(7)10/h2-5,9,12H,6,11H2,1H3. The van der Waals surface area contributed by atoms with Crippen molar-refractivity contribution in [1.82, 2.24) is 5.43 Å². The van der Waals surface area contributed by atoms with E-state index in [0.29, 0.717) is 0 Å². The van der Waals surface area contributed by atoms with E-state index in [1.165, 1.54) is 18.2 Å². The second-order valence-corrected chi connectivity index (χ2v) is 5.52. The monoisotopic (exact) mass is 232 g/mol. The van der Waals surface area contributed by atoms with Gasteiger partial charge in [0, 0.05) is 11.8 Å². The Labute approximate surface area is 88.2 Å². The maximum absolute atomic E-state index is 13.3. The summed E-state index contributed by atoms with van der Waals surface area (Å²) in [6.45, 7) is 0. The first-order chi connectivity index (χ1) is 6.94. The second kappa shape index (κ2) is 4.69. The number of halogens is 1. The lowest BCUT2D eigenvalue weighted by Crippen LogP contribution is -2.33. The Hall–Kier alpha value is -0.980. The number of benzene rings is 1. The zero-order valence-electron chi connectivity index (χ0n) is 8.27. The Balaban J connectivity index is 2.98. The van der Waals surface area contributed by atoms with Crippen LogP contribution < -0.4 is 11.3 Å². The van der Waals surface area contributed by atoms with E-state index in [9.17, 15) is 12.8 Å². The first-order valence-corrected chi connectivity index (χ1v) is 6.38. The molecule has 15 heavy (non-hydrogen) atoms. The molecule has 0 aliphatic rings. The number of nitrogens with two attached hydrogens (primary N) is 1. The summed E-state index contributed by atoms with van der Waals surface area (Å²) in [4.78, 5) is 0. The number of sulfone groups is 1. The van der Waals surface area contributed by atoms with Crippen LogP contribution in [-0.4, -0.2) is 20.4 Å². The molecule has 0 radical (unpaired) electrons. The fourth-order valence-corrected chi connectivity index (χ4v) is 2.17. The van der Waals surface area contributed by atoms with Crippen LogP contribution in [0.2, 0.25) is 0 Å². The Bertz CT molecular complexity index is 433. The van der Waals surface area contributed by atoms with Gasteiger partial charge in [-0.3, -0.25) is 11.3 Å². The molecule has 0 amide bonds. The first-order valence-electron chi connectivity index (χ1n) is 4.32. The Morgan fingerprint density at radius 3 is 2.53 bits per heavy atom. The maximum atomic E-state index is 13.3. The van der Waals surface area contributed by atoms with Crippen molar-refractivity contribution in [3.05, 3.63) is 35.6 Å². The van der Waals surface area contributed by atoms with Crippen LogP contribution in [0.4, 0.5) is 4.39 Å². The highest BCUT2D eigenvalue weighted by molar-refractivity contribution is 7.90. The summed E-state index contributed by atoms with van der Waals surface area (Å²) in [5.74, 6) is 4.50. The molecule has 1 atom stereocenters. The van der Waals surface area contributed by atoms with Gasteiger partial charge in [0.2, 0.25) is 0 Å². The van der Waals surface area contributed by atoms with E-state index < -0.39 is 21.7 Å². The third-order valence-corrected chi connectivity index (χ3v) is 2.89. The minimum atomic E-state index is -3.21. The highest BCUT2D eigenvalue weighted by Crippen LogP contribution is 2.17. The average molecular weight is 232 g/mol. The van der Waals surface area contributed by atoms with Crippen LogP contribution in [0.3, 0.4) is 0 Å². The van der Waals surface area contributed by atoms with Gasteiger partial charge in [0.1, 0.15) is 15.7 Å². The van der Waals surface area contributed by atoms with Gasteiger partial charge in [-0.2, -0.15) is 0 Å². The minimum absolute atomic E-state index is 0.232. The zero-order valence-corrected chi connectivity index (χ0v) is 9.09. The SMILES string of the molecule is CS(=O)(=O)CC(NN)c1ccccc1F. The van der Waals surface area contributed by atoms with E-state index in [-0.39, 0.29) is 11.3 Å². The second-order valence-electron chi connectivity index (χ2n) is 3.33. The van der Waals surface area contributed by atoms with Crippen LogP contribution in [0.15, 0.2) is 24.3 Å². The lowest BCUT2D eigenvalue weighted by molar-refractivity contribution is 0.532. The van der Waals surface area contributed by atoms with E-state index in [4.69, 9.17) is 5.84 Å². The van der Waals surface area contributed by atoms with E-state index in [2.05, 4.69) is 5.43 Å². The highest BCUT2D eigenvalue weighted by atomic mass is 32.2. The van der Waals surface area contributed by atoms with Gasteiger partial charge in [-0.1, -0.05) is 18.2 Å². The summed E-state index contributed by atoms with van der Waals surface area (Å²) in [6.07, 6.45) is 1.08. The Kier molecular flexibility index (Phi) is 3.78. The van der Waals surface area contributed by atoms with Crippen molar-refractivity contribution in [3.63, 3.8) is 0 Å². The number of hydrazine groups is 1. The summed E-state index contributed by atoms with van der Waals surface area (Å²) in [5, 5.41) is 0. The molecular weight excluding hydrogens is 219 g/mol. The molecule has 1 aromatic rings. The number of nitrogens with one attached hydrogen (secondary N) is 1. The van der Waals surface area contributed by atoms with Crippen LogP contribution in [0, 0.1) is 5.82 Å². The zero-order chi connectivity index (χ0) is 11.5. The van der Waals surface area contributed by atoms with E-state index in [0.717, 1.165) is 6.26 Å². The van der Waals surface area contributed by atoms with Crippen molar-refractivity contribution in [2.75, 3.05) is 12.0 Å². The van der Waals surface area contributed by atoms with Crippen LogP contribution in [0.5, 0.6) is 0 Å². The Morgan fingerprint density at radius 2 is 2.07 bits per heavy atom. The molecule has 0 aliphatic carbocycles. The van der Waals surface area contributed by atoms with Gasteiger partial charge in [-0.15, -0.1) is 0 Å². The van der Waals surface area contributed by atoms with Gasteiger partial charge in [-0.05, 0) is 6.07 Å². The summed E-state index contributed by atoms with van der Waals surface area (Å²) >= 11 is 0. The molecule has 0 aliphatic heterocycles. The lowest BCUT2D eigenvalue weighted by atomic mass is 10.1. The molecule has 0 saturated heterocycles. The lowest BCUT2D eigenvalue weighted by Gasteiger charge is -2.15. The van der Waals surface area contributed by atoms with Crippen LogP contribution in [0.1, 0.15) is 11.6 Å². The van der Waals surface area contributed by atoms with E-state index >= 15 is 0 Å². The van der Waals surface area contributed by atoms with Crippen molar-refractivity contribution in [2.45, 2.75) is 6.04 Å². The number of rotatable bonds is 4. The molecule has 0 aromatic heterocycles. The van der Waals surface area contributed by atoms with Gasteiger partial charge in [0.25, 0.3) is 0 Å². The topological polar surface area (TPSA) is 72.2 Å². The van der Waals surface area contributed by atoms with Gasteiger partial charge in [-0.25, -0.2) is 12.8 Å². The molecule has 0 bridgehead atoms.